The first-order chi connectivity index (χ1) is 17.4. The monoisotopic (exact) mass is 532 g/mol. The van der Waals surface area contributed by atoms with Gasteiger partial charge in [0.25, 0.3) is 0 Å². The lowest BCUT2D eigenvalue weighted by molar-refractivity contribution is -0.274. The Balaban J connectivity index is 1.38. The van der Waals surface area contributed by atoms with Gasteiger partial charge in [-0.25, -0.2) is 4.98 Å². The van der Waals surface area contributed by atoms with Crippen LogP contribution in [0.4, 0.5) is 13.2 Å². The van der Waals surface area contributed by atoms with Gasteiger partial charge >= 0.3 is 12.3 Å². The number of fused-ring (bicyclic) bond motifs is 1. The maximum atomic E-state index is 12.4. The Morgan fingerprint density at radius 3 is 2.41 bits per heavy atom. The fraction of sp³-hybridized carbons (Fsp3) is 0.333. The van der Waals surface area contributed by atoms with Gasteiger partial charge in [0.05, 0.1) is 17.8 Å². The molecule has 0 atom stereocenters. The number of carbonyl (C=O) groups is 1. The van der Waals surface area contributed by atoms with Crippen LogP contribution in [0.5, 0.6) is 11.5 Å². The smallest absolute Gasteiger partial charge is 0.493 e. The lowest BCUT2D eigenvalue weighted by atomic mass is 10.2. The Morgan fingerprint density at radius 2 is 1.73 bits per heavy atom. The van der Waals surface area contributed by atoms with E-state index in [4.69, 9.17) is 9.47 Å². The third-order valence-corrected chi connectivity index (χ3v) is 6.56. The molecule has 0 radical (unpaired) electrons. The maximum absolute atomic E-state index is 12.4. The van der Waals surface area contributed by atoms with Gasteiger partial charge in [0.1, 0.15) is 28.7 Å². The number of esters is 1. The van der Waals surface area contributed by atoms with Gasteiger partial charge in [0.15, 0.2) is 0 Å². The molecule has 0 unspecified atom stereocenters. The summed E-state index contributed by atoms with van der Waals surface area (Å²) in [5.74, 6) is 0.0990. The van der Waals surface area contributed by atoms with E-state index in [1.165, 1.54) is 23.5 Å². The quantitative estimate of drug-likeness (QED) is 0.230. The molecule has 2 heterocycles. The number of carbonyl (C=O) groups excluding carboxylic acids is 1. The lowest BCUT2D eigenvalue weighted by Gasteiger charge is -2.19. The molecule has 0 aliphatic rings. The minimum atomic E-state index is -4.72. The summed E-state index contributed by atoms with van der Waals surface area (Å²) in [6, 6.07) is 13.3. The first-order valence-corrected chi connectivity index (χ1v) is 12.4. The Kier molecular flexibility index (Phi) is 7.49. The third-order valence-electron chi connectivity index (χ3n) is 5.29. The molecule has 0 bridgehead atoms. The first kappa shape index (κ1) is 26.5. The molecule has 0 saturated heterocycles. The molecule has 0 spiro atoms. The van der Waals surface area contributed by atoms with E-state index in [1.807, 2.05) is 62.7 Å². The summed E-state index contributed by atoms with van der Waals surface area (Å²) >= 11 is 1.47. The Bertz CT molecular complexity index is 1390. The minimum Gasteiger partial charge on any atom is -0.493 e. The van der Waals surface area contributed by atoms with E-state index in [0.29, 0.717) is 29.3 Å². The molecule has 0 saturated carbocycles. The van der Waals surface area contributed by atoms with Crippen molar-refractivity contribution >= 4 is 28.2 Å². The first-order valence-electron chi connectivity index (χ1n) is 11.6. The summed E-state index contributed by atoms with van der Waals surface area (Å²) < 4.78 is 54.3. The zero-order valence-corrected chi connectivity index (χ0v) is 21.7. The number of halogens is 3. The summed E-state index contributed by atoms with van der Waals surface area (Å²) in [7, 11) is 0. The number of ether oxygens (including phenoxy) is 3. The summed E-state index contributed by atoms with van der Waals surface area (Å²) in [6.45, 7) is 7.92. The Hall–Kier alpha value is -3.53. The van der Waals surface area contributed by atoms with Crippen LogP contribution < -0.4 is 9.47 Å². The fourth-order valence-corrected chi connectivity index (χ4v) is 4.80. The maximum Gasteiger partial charge on any atom is 0.573 e. The lowest BCUT2D eigenvalue weighted by Crippen LogP contribution is -2.26. The van der Waals surface area contributed by atoms with Crippen molar-refractivity contribution in [1.29, 1.82) is 0 Å². The average Bonchev–Trinajstić information content (AvgIpc) is 3.35. The summed E-state index contributed by atoms with van der Waals surface area (Å²) in [6.07, 6.45) is -2.25. The van der Waals surface area contributed by atoms with E-state index < -0.39 is 12.0 Å². The summed E-state index contributed by atoms with van der Waals surface area (Å²) in [5, 5.41) is 1.71. The van der Waals surface area contributed by atoms with Gasteiger partial charge in [0, 0.05) is 29.1 Å². The van der Waals surface area contributed by atoms with Crippen LogP contribution in [0.15, 0.2) is 54.7 Å². The molecule has 10 heteroatoms. The van der Waals surface area contributed by atoms with Crippen LogP contribution in [-0.4, -0.2) is 34.1 Å². The second-order valence-corrected chi connectivity index (χ2v) is 10.5. The molecule has 2 aromatic heterocycles. The zero-order valence-electron chi connectivity index (χ0n) is 20.9. The number of nitrogens with zero attached hydrogens (tertiary/aromatic N) is 2. The predicted molar refractivity (Wildman–Crippen MR) is 136 cm³/mol. The van der Waals surface area contributed by atoms with Gasteiger partial charge in [-0.3, -0.25) is 4.79 Å². The molecular formula is C27H27F3N2O4S. The van der Waals surface area contributed by atoms with E-state index in [-0.39, 0.29) is 18.3 Å². The molecule has 2 aromatic carbocycles. The van der Waals surface area contributed by atoms with Gasteiger partial charge in [-0.2, -0.15) is 0 Å². The number of hydrogen-bond donors (Lipinski definition) is 0. The topological polar surface area (TPSA) is 62.6 Å². The van der Waals surface area contributed by atoms with E-state index in [9.17, 15) is 18.0 Å². The van der Waals surface area contributed by atoms with Crippen molar-refractivity contribution < 1.29 is 32.2 Å². The summed E-state index contributed by atoms with van der Waals surface area (Å²) in [4.78, 5) is 17.9. The van der Waals surface area contributed by atoms with Crippen molar-refractivity contribution in [2.24, 2.45) is 0 Å². The second-order valence-electron chi connectivity index (χ2n) is 9.45. The van der Waals surface area contributed by atoms with Crippen LogP contribution in [0.2, 0.25) is 0 Å². The highest BCUT2D eigenvalue weighted by atomic mass is 32.1. The second kappa shape index (κ2) is 10.5. The molecule has 6 nitrogen and oxygen atoms in total. The van der Waals surface area contributed by atoms with Gasteiger partial charge in [-0.05, 0) is 75.5 Å². The molecule has 0 fully saturated rings. The molecule has 37 heavy (non-hydrogen) atoms. The van der Waals surface area contributed by atoms with Gasteiger partial charge in [-0.15, -0.1) is 24.5 Å². The highest BCUT2D eigenvalue weighted by molar-refractivity contribution is 7.15. The van der Waals surface area contributed by atoms with Gasteiger partial charge in [0.2, 0.25) is 0 Å². The molecule has 4 rings (SSSR count). The number of hydrogen-bond acceptors (Lipinski definition) is 6. The molecular weight excluding hydrogens is 505 g/mol. The summed E-state index contributed by atoms with van der Waals surface area (Å²) in [5.41, 5.74) is 1.89. The molecule has 4 aromatic rings. The van der Waals surface area contributed by atoms with Crippen molar-refractivity contribution in [3.63, 3.8) is 0 Å². The normalized spacial score (nSPS) is 12.1. The van der Waals surface area contributed by atoms with Gasteiger partial charge in [-0.1, -0.05) is 0 Å². The minimum absolute atomic E-state index is 0.108. The van der Waals surface area contributed by atoms with E-state index in [0.717, 1.165) is 21.5 Å². The van der Waals surface area contributed by atoms with Crippen LogP contribution in [0.1, 0.15) is 31.3 Å². The SMILES string of the molecule is Cc1nc(-c2ccc(OC(F)(F)F)cc2)sc1CCOc1ccc2ccn(CC(=O)OC(C)(C)C)c2c1. The van der Waals surface area contributed by atoms with Crippen molar-refractivity contribution in [1.82, 2.24) is 9.55 Å². The van der Waals surface area contributed by atoms with Crippen molar-refractivity contribution in [2.45, 2.75) is 52.6 Å². The highest BCUT2D eigenvalue weighted by Gasteiger charge is 2.31. The van der Waals surface area contributed by atoms with Gasteiger partial charge < -0.3 is 18.8 Å². The van der Waals surface area contributed by atoms with Crippen molar-refractivity contribution in [2.75, 3.05) is 6.61 Å². The van der Waals surface area contributed by atoms with E-state index in [2.05, 4.69) is 9.72 Å². The number of aromatic nitrogens is 2. The molecule has 0 N–H and O–H groups in total. The third kappa shape index (κ3) is 7.25. The average molecular weight is 533 g/mol. The van der Waals surface area contributed by atoms with Crippen molar-refractivity contribution in [3.05, 3.63) is 65.3 Å². The largest absolute Gasteiger partial charge is 0.573 e. The number of benzene rings is 2. The van der Waals surface area contributed by atoms with Crippen LogP contribution in [0, 0.1) is 6.92 Å². The molecule has 0 amide bonds. The Morgan fingerprint density at radius 1 is 1.03 bits per heavy atom. The number of alkyl halides is 3. The zero-order chi connectivity index (χ0) is 26.8. The molecule has 196 valence electrons. The number of aryl methyl sites for hydroxylation is 1. The molecule has 0 aliphatic carbocycles. The Labute approximate surface area is 216 Å². The molecule has 0 aliphatic heterocycles. The standard InChI is InChI=1S/C27H27F3N2O4S/c1-17-23(37-25(31-17)19-6-8-20(9-7-19)35-27(28,29)30)12-14-34-21-10-5-18-11-13-32(22(18)15-21)16-24(33)36-26(2,3)4/h5-11,13,15H,12,14,16H2,1-4H3. The van der Waals surface area contributed by atoms with E-state index >= 15 is 0 Å². The number of rotatable bonds is 8. The van der Waals surface area contributed by atoms with Crippen LogP contribution >= 0.6 is 11.3 Å². The van der Waals surface area contributed by atoms with Crippen molar-refractivity contribution in [3.8, 4) is 22.1 Å². The highest BCUT2D eigenvalue weighted by Crippen LogP contribution is 2.31. The predicted octanol–water partition coefficient (Wildman–Crippen LogP) is 6.94. The van der Waals surface area contributed by atoms with Crippen LogP contribution in [0.3, 0.4) is 0 Å². The van der Waals surface area contributed by atoms with Crippen LogP contribution in [-0.2, 0) is 22.5 Å². The van der Waals surface area contributed by atoms with Crippen LogP contribution in [0.25, 0.3) is 21.5 Å². The van der Waals surface area contributed by atoms with E-state index in [1.54, 1.807) is 12.1 Å². The fourth-order valence-electron chi connectivity index (χ4n) is 3.75. The number of thiazole rings is 1.